The molecule has 1 aliphatic heterocycles. The Balaban J connectivity index is 1.43. The zero-order valence-electron chi connectivity index (χ0n) is 19.3. The first-order valence-corrected chi connectivity index (χ1v) is 11.8. The number of rotatable bonds is 7. The number of piperidine rings is 1. The van der Waals surface area contributed by atoms with Crippen molar-refractivity contribution in [1.82, 2.24) is 4.90 Å². The number of hydrogen-bond acceptors (Lipinski definition) is 5. The standard InChI is InChI=1S/C27H30N2O4/c1-3-20-9-11-24-23(16-20)19(2)26(33-24)27(30)29(17-21-8-7-15-31-21)18-22-10-12-25(32-22)28-13-5-4-6-14-28/h7-12,15-16H,3-6,13-14,17-18H2,1-2H3. The Morgan fingerprint density at radius 2 is 1.82 bits per heavy atom. The molecule has 3 aromatic heterocycles. The molecule has 1 amide bonds. The molecule has 172 valence electrons. The van der Waals surface area contributed by atoms with Crippen LogP contribution in [0.1, 0.15) is 59.4 Å². The minimum Gasteiger partial charge on any atom is -0.467 e. The molecule has 1 aromatic carbocycles. The van der Waals surface area contributed by atoms with Gasteiger partial charge in [-0.2, -0.15) is 0 Å². The normalized spacial score (nSPS) is 14.2. The number of amides is 1. The van der Waals surface area contributed by atoms with Gasteiger partial charge in [-0.3, -0.25) is 4.79 Å². The van der Waals surface area contributed by atoms with Crippen LogP contribution in [0.25, 0.3) is 11.0 Å². The van der Waals surface area contributed by atoms with E-state index in [1.165, 1.54) is 24.8 Å². The summed E-state index contributed by atoms with van der Waals surface area (Å²) in [5.74, 6) is 2.54. The quantitative estimate of drug-likeness (QED) is 0.332. The van der Waals surface area contributed by atoms with Gasteiger partial charge in [0.15, 0.2) is 11.6 Å². The maximum atomic E-state index is 13.7. The van der Waals surface area contributed by atoms with Gasteiger partial charge >= 0.3 is 0 Å². The van der Waals surface area contributed by atoms with Crippen molar-refractivity contribution >= 4 is 22.8 Å². The summed E-state index contributed by atoms with van der Waals surface area (Å²) in [6, 6.07) is 13.8. The minimum absolute atomic E-state index is 0.172. The van der Waals surface area contributed by atoms with E-state index >= 15 is 0 Å². The van der Waals surface area contributed by atoms with Gasteiger partial charge in [-0.1, -0.05) is 13.0 Å². The fourth-order valence-electron chi connectivity index (χ4n) is 4.55. The van der Waals surface area contributed by atoms with Crippen LogP contribution in [0.3, 0.4) is 0 Å². The topological polar surface area (TPSA) is 63.0 Å². The number of aryl methyl sites for hydroxylation is 2. The minimum atomic E-state index is -0.172. The fourth-order valence-corrected chi connectivity index (χ4v) is 4.55. The Labute approximate surface area is 193 Å². The first kappa shape index (κ1) is 21.4. The second-order valence-corrected chi connectivity index (χ2v) is 8.77. The summed E-state index contributed by atoms with van der Waals surface area (Å²) in [5, 5.41) is 0.987. The lowest BCUT2D eigenvalue weighted by Crippen LogP contribution is -2.30. The molecule has 6 nitrogen and oxygen atoms in total. The van der Waals surface area contributed by atoms with Gasteiger partial charge in [0.05, 0.1) is 19.4 Å². The summed E-state index contributed by atoms with van der Waals surface area (Å²) in [7, 11) is 0. The summed E-state index contributed by atoms with van der Waals surface area (Å²) >= 11 is 0. The molecule has 0 saturated carbocycles. The molecule has 6 heteroatoms. The number of hydrogen-bond donors (Lipinski definition) is 0. The van der Waals surface area contributed by atoms with Crippen LogP contribution in [0.4, 0.5) is 5.88 Å². The molecular formula is C27H30N2O4. The number of nitrogens with zero attached hydrogens (tertiary/aromatic N) is 2. The molecule has 1 aliphatic rings. The van der Waals surface area contributed by atoms with Crippen molar-refractivity contribution in [2.24, 2.45) is 0 Å². The number of furan rings is 3. The molecule has 0 N–H and O–H groups in total. The Hall–Kier alpha value is -3.41. The molecule has 0 bridgehead atoms. The van der Waals surface area contributed by atoms with Gasteiger partial charge in [-0.25, -0.2) is 0 Å². The van der Waals surface area contributed by atoms with Crippen molar-refractivity contribution in [3.8, 4) is 0 Å². The highest BCUT2D eigenvalue weighted by atomic mass is 16.4. The summed E-state index contributed by atoms with van der Waals surface area (Å²) in [6.45, 7) is 6.77. The first-order chi connectivity index (χ1) is 16.1. The van der Waals surface area contributed by atoms with Crippen LogP contribution in [0, 0.1) is 6.92 Å². The molecule has 33 heavy (non-hydrogen) atoms. The zero-order valence-corrected chi connectivity index (χ0v) is 19.3. The second-order valence-electron chi connectivity index (χ2n) is 8.77. The number of carbonyl (C=O) groups is 1. The van der Waals surface area contributed by atoms with Gasteiger partial charge in [-0.05, 0) is 68.5 Å². The van der Waals surface area contributed by atoms with Gasteiger partial charge in [-0.15, -0.1) is 0 Å². The van der Waals surface area contributed by atoms with E-state index in [2.05, 4.69) is 17.9 Å². The molecule has 5 rings (SSSR count). The van der Waals surface area contributed by atoms with Crippen LogP contribution >= 0.6 is 0 Å². The Morgan fingerprint density at radius 1 is 1.00 bits per heavy atom. The number of fused-ring (bicyclic) bond motifs is 1. The Morgan fingerprint density at radius 3 is 2.58 bits per heavy atom. The summed E-state index contributed by atoms with van der Waals surface area (Å²) in [6.07, 6.45) is 6.20. The highest BCUT2D eigenvalue weighted by Crippen LogP contribution is 2.29. The average molecular weight is 447 g/mol. The highest BCUT2D eigenvalue weighted by Gasteiger charge is 2.26. The van der Waals surface area contributed by atoms with Crippen molar-refractivity contribution in [3.63, 3.8) is 0 Å². The van der Waals surface area contributed by atoms with Crippen LogP contribution in [0.5, 0.6) is 0 Å². The van der Waals surface area contributed by atoms with E-state index in [-0.39, 0.29) is 5.91 Å². The van der Waals surface area contributed by atoms with Crippen molar-refractivity contribution in [2.45, 2.75) is 52.6 Å². The fraction of sp³-hybridized carbons (Fsp3) is 0.370. The van der Waals surface area contributed by atoms with E-state index in [1.54, 1.807) is 11.2 Å². The molecule has 1 fully saturated rings. The van der Waals surface area contributed by atoms with Crippen molar-refractivity contribution in [2.75, 3.05) is 18.0 Å². The first-order valence-electron chi connectivity index (χ1n) is 11.8. The van der Waals surface area contributed by atoms with Gasteiger partial charge in [0.25, 0.3) is 5.91 Å². The maximum Gasteiger partial charge on any atom is 0.290 e. The lowest BCUT2D eigenvalue weighted by atomic mass is 10.1. The van der Waals surface area contributed by atoms with Gasteiger partial charge in [0, 0.05) is 30.1 Å². The largest absolute Gasteiger partial charge is 0.467 e. The molecule has 0 atom stereocenters. The predicted molar refractivity (Wildman–Crippen MR) is 127 cm³/mol. The van der Waals surface area contributed by atoms with E-state index in [9.17, 15) is 4.79 Å². The van der Waals surface area contributed by atoms with Crippen LogP contribution < -0.4 is 4.90 Å². The van der Waals surface area contributed by atoms with Gasteiger partial charge in [0.2, 0.25) is 0 Å². The van der Waals surface area contributed by atoms with E-state index in [4.69, 9.17) is 13.3 Å². The van der Waals surface area contributed by atoms with E-state index < -0.39 is 0 Å². The van der Waals surface area contributed by atoms with Crippen LogP contribution in [-0.4, -0.2) is 23.9 Å². The van der Waals surface area contributed by atoms with E-state index in [0.717, 1.165) is 47.7 Å². The van der Waals surface area contributed by atoms with Crippen LogP contribution in [0.2, 0.25) is 0 Å². The molecule has 0 aliphatic carbocycles. The lowest BCUT2D eigenvalue weighted by molar-refractivity contribution is 0.0674. The third-order valence-corrected chi connectivity index (χ3v) is 6.48. The van der Waals surface area contributed by atoms with Crippen LogP contribution in [-0.2, 0) is 19.5 Å². The van der Waals surface area contributed by atoms with Crippen molar-refractivity contribution in [3.05, 3.63) is 77.1 Å². The lowest BCUT2D eigenvalue weighted by Gasteiger charge is -2.26. The summed E-state index contributed by atoms with van der Waals surface area (Å²) in [4.78, 5) is 17.7. The molecule has 0 spiro atoms. The van der Waals surface area contributed by atoms with Gasteiger partial charge < -0.3 is 23.1 Å². The summed E-state index contributed by atoms with van der Waals surface area (Å²) < 4.78 is 17.7. The van der Waals surface area contributed by atoms with E-state index in [1.807, 2.05) is 43.3 Å². The maximum absolute atomic E-state index is 13.7. The number of carbonyl (C=O) groups excluding carboxylic acids is 1. The van der Waals surface area contributed by atoms with Crippen LogP contribution in [0.15, 0.2) is 62.0 Å². The monoisotopic (exact) mass is 446 g/mol. The molecule has 0 unspecified atom stereocenters. The SMILES string of the molecule is CCc1ccc2oc(C(=O)N(Cc3ccco3)Cc3ccc(N4CCCCC4)o3)c(C)c2c1. The molecule has 1 saturated heterocycles. The number of anilines is 1. The third-order valence-electron chi connectivity index (χ3n) is 6.48. The zero-order chi connectivity index (χ0) is 22.8. The van der Waals surface area contributed by atoms with Crippen molar-refractivity contribution in [1.29, 1.82) is 0 Å². The molecule has 4 aromatic rings. The molecular weight excluding hydrogens is 416 g/mol. The highest BCUT2D eigenvalue weighted by molar-refractivity contribution is 5.99. The molecule has 0 radical (unpaired) electrons. The third kappa shape index (κ3) is 4.42. The Kier molecular flexibility index (Phi) is 5.99. The smallest absolute Gasteiger partial charge is 0.290 e. The van der Waals surface area contributed by atoms with Gasteiger partial charge in [0.1, 0.15) is 17.1 Å². The van der Waals surface area contributed by atoms with E-state index in [0.29, 0.717) is 24.6 Å². The van der Waals surface area contributed by atoms with Crippen molar-refractivity contribution < 1.29 is 18.0 Å². The Bertz CT molecular complexity index is 1230. The predicted octanol–water partition coefficient (Wildman–Crippen LogP) is 6.32. The second kappa shape index (κ2) is 9.22. The molecule has 4 heterocycles. The number of benzene rings is 1. The summed E-state index contributed by atoms with van der Waals surface area (Å²) in [5.41, 5.74) is 2.82. The average Bonchev–Trinajstić information content (AvgIpc) is 3.60.